The first-order valence-corrected chi connectivity index (χ1v) is 13.0. The summed E-state index contributed by atoms with van der Waals surface area (Å²) in [5, 5.41) is 3.68. The van der Waals surface area contributed by atoms with Crippen LogP contribution in [0.3, 0.4) is 0 Å². The van der Waals surface area contributed by atoms with Crippen LogP contribution < -0.4 is 11.1 Å². The summed E-state index contributed by atoms with van der Waals surface area (Å²) in [6.07, 6.45) is 1.74. The molecule has 3 aromatic rings. The van der Waals surface area contributed by atoms with Crippen molar-refractivity contribution in [2.75, 3.05) is 13.1 Å². The highest BCUT2D eigenvalue weighted by Gasteiger charge is 2.32. The average Bonchev–Trinajstić information content (AvgIpc) is 2.91. The number of piperidine rings is 1. The van der Waals surface area contributed by atoms with Gasteiger partial charge in [0.1, 0.15) is 6.04 Å². The minimum absolute atomic E-state index is 0.0619. The zero-order valence-electron chi connectivity index (χ0n) is 21.1. The maximum absolute atomic E-state index is 13.4. The van der Waals surface area contributed by atoms with Crippen molar-refractivity contribution in [1.29, 1.82) is 0 Å². The van der Waals surface area contributed by atoms with Crippen molar-refractivity contribution < 1.29 is 14.4 Å². The van der Waals surface area contributed by atoms with Gasteiger partial charge in [0.15, 0.2) is 0 Å². The number of rotatable bonds is 7. The van der Waals surface area contributed by atoms with E-state index in [2.05, 4.69) is 17.4 Å². The van der Waals surface area contributed by atoms with Crippen molar-refractivity contribution in [1.82, 2.24) is 10.2 Å². The van der Waals surface area contributed by atoms with Gasteiger partial charge in [-0.25, -0.2) is 0 Å². The lowest BCUT2D eigenvalue weighted by molar-refractivity contribution is -0.135. The van der Waals surface area contributed by atoms with E-state index in [9.17, 15) is 14.4 Å². The highest BCUT2D eigenvalue weighted by molar-refractivity contribution is 6.30. The Bertz CT molecular complexity index is 1280. The topological polar surface area (TPSA) is 92.5 Å². The number of amides is 3. The molecule has 3 N–H and O–H groups in total. The van der Waals surface area contributed by atoms with Gasteiger partial charge in [0.05, 0.1) is 0 Å². The molecule has 1 saturated heterocycles. The molecule has 7 heteroatoms. The molecular formula is C30H32ClN3O3. The van der Waals surface area contributed by atoms with Crippen molar-refractivity contribution in [2.24, 2.45) is 11.7 Å². The maximum Gasteiger partial charge on any atom is 0.251 e. The summed E-state index contributed by atoms with van der Waals surface area (Å²) in [4.78, 5) is 40.4. The molecule has 0 aliphatic carbocycles. The Kier molecular flexibility index (Phi) is 8.29. The van der Waals surface area contributed by atoms with Gasteiger partial charge in [0.25, 0.3) is 5.91 Å². The van der Waals surface area contributed by atoms with Gasteiger partial charge in [-0.3, -0.25) is 14.4 Å². The molecule has 3 aromatic carbocycles. The first-order chi connectivity index (χ1) is 17.7. The first kappa shape index (κ1) is 26.4. The number of halogens is 1. The highest BCUT2D eigenvalue weighted by atomic mass is 35.5. The lowest BCUT2D eigenvalue weighted by Crippen LogP contribution is -2.52. The van der Waals surface area contributed by atoms with Gasteiger partial charge >= 0.3 is 0 Å². The quantitative estimate of drug-likeness (QED) is 0.447. The number of likely N-dealkylation sites (tertiary alicyclic amines) is 1. The standard InChI is InChI=1S/C30H32ClN3O3/c1-19(2)27(30(37)34-16-14-21(15-17-34)20-10-12-24(31)13-11-20)33-29(36)23-7-5-6-22(18-23)25-8-3-4-9-26(25)28(32)35/h3-13,18-19,21,27H,14-17H2,1-2H3,(H2,32,35)(H,33,36)/t27-/m1/s1. The Hall–Kier alpha value is -3.64. The Morgan fingerprint density at radius 3 is 2.27 bits per heavy atom. The third-order valence-electron chi connectivity index (χ3n) is 7.00. The van der Waals surface area contributed by atoms with Gasteiger partial charge in [0, 0.05) is 29.2 Å². The van der Waals surface area contributed by atoms with Crippen LogP contribution in [0.1, 0.15) is 58.9 Å². The number of nitrogens with one attached hydrogen (secondary N) is 1. The van der Waals surface area contributed by atoms with Gasteiger partial charge in [-0.05, 0) is 71.7 Å². The van der Waals surface area contributed by atoms with Crippen LogP contribution in [0.4, 0.5) is 0 Å². The number of primary amides is 1. The molecule has 1 aliphatic rings. The fourth-order valence-electron chi connectivity index (χ4n) is 4.88. The molecule has 3 amide bonds. The second-order valence-electron chi connectivity index (χ2n) is 9.84. The van der Waals surface area contributed by atoms with Gasteiger partial charge in [-0.15, -0.1) is 0 Å². The first-order valence-electron chi connectivity index (χ1n) is 12.6. The normalized spacial score (nSPS) is 14.9. The van der Waals surface area contributed by atoms with Gasteiger partial charge < -0.3 is 16.0 Å². The molecule has 1 aliphatic heterocycles. The number of hydrogen-bond donors (Lipinski definition) is 2. The fraction of sp³-hybridized carbons (Fsp3) is 0.300. The van der Waals surface area contributed by atoms with E-state index in [0.717, 1.165) is 17.9 Å². The van der Waals surface area contributed by atoms with E-state index in [1.807, 2.05) is 43.0 Å². The summed E-state index contributed by atoms with van der Waals surface area (Å²) < 4.78 is 0. The van der Waals surface area contributed by atoms with Crippen LogP contribution >= 0.6 is 11.6 Å². The van der Waals surface area contributed by atoms with Crippen LogP contribution in [0.15, 0.2) is 72.8 Å². The van der Waals surface area contributed by atoms with Gasteiger partial charge in [-0.2, -0.15) is 0 Å². The molecule has 0 spiro atoms. The van der Waals surface area contributed by atoms with Crippen LogP contribution in [-0.2, 0) is 4.79 Å². The summed E-state index contributed by atoms with van der Waals surface area (Å²) in [6, 6.07) is 21.3. The lowest BCUT2D eigenvalue weighted by atomic mass is 9.89. The number of carbonyl (C=O) groups is 3. The summed E-state index contributed by atoms with van der Waals surface area (Å²) in [5.74, 6) is -0.617. The molecule has 37 heavy (non-hydrogen) atoms. The van der Waals surface area contributed by atoms with E-state index in [-0.39, 0.29) is 17.7 Å². The van der Waals surface area contributed by atoms with Gasteiger partial charge in [-0.1, -0.05) is 67.9 Å². The Balaban J connectivity index is 1.45. The van der Waals surface area contributed by atoms with E-state index < -0.39 is 11.9 Å². The summed E-state index contributed by atoms with van der Waals surface area (Å²) in [5.41, 5.74) is 8.94. The number of carbonyl (C=O) groups excluding carboxylic acids is 3. The lowest BCUT2D eigenvalue weighted by Gasteiger charge is -2.35. The Labute approximate surface area is 222 Å². The van der Waals surface area contributed by atoms with Crippen molar-refractivity contribution >= 4 is 29.3 Å². The number of nitrogens with two attached hydrogens (primary N) is 1. The van der Waals surface area contributed by atoms with Crippen molar-refractivity contribution in [3.63, 3.8) is 0 Å². The number of benzene rings is 3. The third-order valence-corrected chi connectivity index (χ3v) is 7.25. The summed E-state index contributed by atoms with van der Waals surface area (Å²) in [7, 11) is 0. The Morgan fingerprint density at radius 1 is 0.946 bits per heavy atom. The van der Waals surface area contributed by atoms with E-state index in [4.69, 9.17) is 17.3 Å². The van der Waals surface area contributed by atoms with Gasteiger partial charge in [0.2, 0.25) is 11.8 Å². The monoisotopic (exact) mass is 517 g/mol. The molecule has 0 bridgehead atoms. The zero-order valence-corrected chi connectivity index (χ0v) is 21.9. The van der Waals surface area contributed by atoms with E-state index in [0.29, 0.717) is 41.3 Å². The molecule has 6 nitrogen and oxygen atoms in total. The molecular weight excluding hydrogens is 486 g/mol. The molecule has 4 rings (SSSR count). The number of nitrogens with zero attached hydrogens (tertiary/aromatic N) is 1. The predicted octanol–water partition coefficient (Wildman–Crippen LogP) is 5.27. The van der Waals surface area contributed by atoms with Crippen LogP contribution in [0.2, 0.25) is 5.02 Å². The molecule has 0 radical (unpaired) electrons. The van der Waals surface area contributed by atoms with E-state index in [1.165, 1.54) is 5.56 Å². The van der Waals surface area contributed by atoms with E-state index in [1.54, 1.807) is 36.4 Å². The molecule has 0 unspecified atom stereocenters. The predicted molar refractivity (Wildman–Crippen MR) is 146 cm³/mol. The van der Waals surface area contributed by atoms with Crippen molar-refractivity contribution in [2.45, 2.75) is 38.6 Å². The molecule has 0 aromatic heterocycles. The second-order valence-corrected chi connectivity index (χ2v) is 10.3. The summed E-state index contributed by atoms with van der Waals surface area (Å²) >= 11 is 6.02. The summed E-state index contributed by atoms with van der Waals surface area (Å²) in [6.45, 7) is 5.15. The minimum Gasteiger partial charge on any atom is -0.366 e. The second kappa shape index (κ2) is 11.6. The minimum atomic E-state index is -0.638. The SMILES string of the molecule is CC(C)[C@@H](NC(=O)c1cccc(-c2ccccc2C(N)=O)c1)C(=O)N1CCC(c2ccc(Cl)cc2)CC1. The molecule has 0 saturated carbocycles. The van der Waals surface area contributed by atoms with E-state index >= 15 is 0 Å². The molecule has 1 atom stereocenters. The zero-order chi connectivity index (χ0) is 26.5. The third kappa shape index (κ3) is 6.20. The maximum atomic E-state index is 13.4. The van der Waals surface area contributed by atoms with Crippen LogP contribution in [-0.4, -0.2) is 41.8 Å². The van der Waals surface area contributed by atoms with Crippen LogP contribution in [0.5, 0.6) is 0 Å². The Morgan fingerprint density at radius 2 is 1.62 bits per heavy atom. The molecule has 1 heterocycles. The van der Waals surface area contributed by atoms with Crippen molar-refractivity contribution in [3.05, 3.63) is 94.5 Å². The smallest absolute Gasteiger partial charge is 0.251 e. The van der Waals surface area contributed by atoms with Crippen LogP contribution in [0, 0.1) is 5.92 Å². The van der Waals surface area contributed by atoms with Crippen molar-refractivity contribution in [3.8, 4) is 11.1 Å². The molecule has 1 fully saturated rings. The molecule has 192 valence electrons. The fourth-order valence-corrected chi connectivity index (χ4v) is 5.01. The number of hydrogen-bond acceptors (Lipinski definition) is 3. The average molecular weight is 518 g/mol. The highest BCUT2D eigenvalue weighted by Crippen LogP contribution is 2.29. The van der Waals surface area contributed by atoms with Crippen LogP contribution in [0.25, 0.3) is 11.1 Å². The largest absolute Gasteiger partial charge is 0.366 e.